The number of hydrogen-bond acceptors (Lipinski definition) is 5. The molecule has 0 spiro atoms. The fraction of sp³-hybridized carbons (Fsp3) is 0.200. The van der Waals surface area contributed by atoms with E-state index >= 15 is 0 Å². The Morgan fingerprint density at radius 1 is 0.963 bits per heavy atom. The molecule has 1 aromatic heterocycles. The number of aromatic nitrogens is 2. The molecule has 2 aromatic carbocycles. The molecule has 3 aromatic rings. The zero-order chi connectivity index (χ0) is 19.1. The van der Waals surface area contributed by atoms with Crippen LogP contribution in [0.25, 0.3) is 10.6 Å². The van der Waals surface area contributed by atoms with Gasteiger partial charge in [0.2, 0.25) is 11.0 Å². The minimum Gasteiger partial charge on any atom is -0.325 e. The normalized spacial score (nSPS) is 10.4. The molecule has 0 bridgehead atoms. The van der Waals surface area contributed by atoms with Crippen molar-refractivity contribution in [2.24, 2.45) is 0 Å². The van der Waals surface area contributed by atoms with Gasteiger partial charge in [-0.05, 0) is 18.6 Å². The molecule has 138 valence electrons. The van der Waals surface area contributed by atoms with Crippen LogP contribution in [0.4, 0.5) is 10.8 Å². The molecule has 0 saturated heterocycles. The van der Waals surface area contributed by atoms with E-state index in [1.165, 1.54) is 11.3 Å². The summed E-state index contributed by atoms with van der Waals surface area (Å²) in [6.45, 7) is 2.03. The van der Waals surface area contributed by atoms with Crippen molar-refractivity contribution < 1.29 is 9.59 Å². The Balaban J connectivity index is 1.72. The number of carbonyl (C=O) groups excluding carboxylic acids is 2. The van der Waals surface area contributed by atoms with Gasteiger partial charge in [-0.2, -0.15) is 0 Å². The molecular weight excluding hydrogens is 360 g/mol. The van der Waals surface area contributed by atoms with Crippen LogP contribution in [0.3, 0.4) is 0 Å². The molecule has 0 fully saturated rings. The van der Waals surface area contributed by atoms with Gasteiger partial charge in [0.15, 0.2) is 0 Å². The van der Waals surface area contributed by atoms with E-state index in [4.69, 9.17) is 0 Å². The fourth-order valence-corrected chi connectivity index (χ4v) is 3.22. The summed E-state index contributed by atoms with van der Waals surface area (Å²) in [6, 6.07) is 16.6. The smallest absolute Gasteiger partial charge is 0.259 e. The number of anilines is 2. The zero-order valence-electron chi connectivity index (χ0n) is 14.9. The molecule has 0 radical (unpaired) electrons. The molecule has 1 heterocycles. The Bertz CT molecular complexity index is 924. The van der Waals surface area contributed by atoms with Crippen LogP contribution in [0.15, 0.2) is 54.6 Å². The van der Waals surface area contributed by atoms with Gasteiger partial charge in [-0.3, -0.25) is 14.9 Å². The van der Waals surface area contributed by atoms with Crippen molar-refractivity contribution in [1.82, 2.24) is 10.2 Å². The standard InChI is InChI=1S/C20H20N4O2S/c1-2-3-13-17(25)21-16-12-8-7-11-15(16)18(26)22-20-24-23-19(27-20)14-9-5-4-6-10-14/h4-12H,2-3,13H2,1H3,(H,21,25)(H,22,24,26). The number of para-hydroxylation sites is 1. The number of carbonyl (C=O) groups is 2. The summed E-state index contributed by atoms with van der Waals surface area (Å²) in [5.74, 6) is -0.434. The minimum atomic E-state index is -0.336. The van der Waals surface area contributed by atoms with E-state index in [0.717, 1.165) is 23.4 Å². The highest BCUT2D eigenvalue weighted by Crippen LogP contribution is 2.27. The lowest BCUT2D eigenvalue weighted by molar-refractivity contribution is -0.116. The topological polar surface area (TPSA) is 84.0 Å². The maximum atomic E-state index is 12.7. The van der Waals surface area contributed by atoms with E-state index in [9.17, 15) is 9.59 Å². The van der Waals surface area contributed by atoms with E-state index in [0.29, 0.717) is 22.8 Å². The summed E-state index contributed by atoms with van der Waals surface area (Å²) in [7, 11) is 0. The van der Waals surface area contributed by atoms with Gasteiger partial charge in [-0.1, -0.05) is 67.1 Å². The molecule has 0 aliphatic carbocycles. The van der Waals surface area contributed by atoms with Crippen LogP contribution >= 0.6 is 11.3 Å². The molecule has 2 N–H and O–H groups in total. The summed E-state index contributed by atoms with van der Waals surface area (Å²) in [6.07, 6.45) is 2.19. The molecule has 0 saturated carbocycles. The van der Waals surface area contributed by atoms with Crippen LogP contribution < -0.4 is 10.6 Å². The van der Waals surface area contributed by atoms with Gasteiger partial charge in [-0.25, -0.2) is 0 Å². The SMILES string of the molecule is CCCCC(=O)Nc1ccccc1C(=O)Nc1nnc(-c2ccccc2)s1. The zero-order valence-corrected chi connectivity index (χ0v) is 15.8. The maximum absolute atomic E-state index is 12.7. The van der Waals surface area contributed by atoms with Crippen molar-refractivity contribution in [3.05, 3.63) is 60.2 Å². The van der Waals surface area contributed by atoms with Crippen molar-refractivity contribution in [3.8, 4) is 10.6 Å². The number of hydrogen-bond donors (Lipinski definition) is 2. The maximum Gasteiger partial charge on any atom is 0.259 e. The highest BCUT2D eigenvalue weighted by Gasteiger charge is 2.15. The average Bonchev–Trinajstić information content (AvgIpc) is 3.16. The summed E-state index contributed by atoms with van der Waals surface area (Å²) in [5, 5.41) is 14.9. The lowest BCUT2D eigenvalue weighted by Crippen LogP contribution is -2.18. The molecule has 0 aliphatic heterocycles. The molecule has 0 unspecified atom stereocenters. The highest BCUT2D eigenvalue weighted by atomic mass is 32.1. The number of benzene rings is 2. The monoisotopic (exact) mass is 380 g/mol. The second-order valence-corrected chi connectivity index (χ2v) is 6.91. The minimum absolute atomic E-state index is 0.0978. The second-order valence-electron chi connectivity index (χ2n) is 5.93. The molecular formula is C20H20N4O2S. The van der Waals surface area contributed by atoms with Crippen LogP contribution in [0.5, 0.6) is 0 Å². The molecule has 3 rings (SSSR count). The van der Waals surface area contributed by atoms with Crippen molar-refractivity contribution >= 4 is 34.0 Å². The van der Waals surface area contributed by atoms with E-state index in [-0.39, 0.29) is 11.8 Å². The predicted octanol–water partition coefficient (Wildman–Crippen LogP) is 4.59. The van der Waals surface area contributed by atoms with Gasteiger partial charge in [0.25, 0.3) is 5.91 Å². The average molecular weight is 380 g/mol. The second kappa shape index (κ2) is 9.05. The van der Waals surface area contributed by atoms with Crippen LogP contribution in [0, 0.1) is 0 Å². The number of amides is 2. The fourth-order valence-electron chi connectivity index (χ4n) is 2.48. The van der Waals surface area contributed by atoms with Crippen molar-refractivity contribution in [2.75, 3.05) is 10.6 Å². The van der Waals surface area contributed by atoms with Crippen LogP contribution in [-0.2, 0) is 4.79 Å². The van der Waals surface area contributed by atoms with Gasteiger partial charge in [0.05, 0.1) is 11.3 Å². The van der Waals surface area contributed by atoms with Crippen molar-refractivity contribution in [1.29, 1.82) is 0 Å². The molecule has 6 nitrogen and oxygen atoms in total. The van der Waals surface area contributed by atoms with E-state index < -0.39 is 0 Å². The first-order valence-corrected chi connectivity index (χ1v) is 9.58. The van der Waals surface area contributed by atoms with Crippen molar-refractivity contribution in [2.45, 2.75) is 26.2 Å². The lowest BCUT2D eigenvalue weighted by atomic mass is 10.1. The van der Waals surface area contributed by atoms with Gasteiger partial charge < -0.3 is 5.32 Å². The Labute approximate surface area is 161 Å². The molecule has 7 heteroatoms. The van der Waals surface area contributed by atoms with Gasteiger partial charge in [0, 0.05) is 12.0 Å². The molecule has 2 amide bonds. The number of nitrogens with one attached hydrogen (secondary N) is 2. The van der Waals surface area contributed by atoms with Gasteiger partial charge >= 0.3 is 0 Å². The van der Waals surface area contributed by atoms with E-state index in [1.54, 1.807) is 24.3 Å². The Kier molecular flexibility index (Phi) is 6.27. The molecule has 27 heavy (non-hydrogen) atoms. The Morgan fingerprint density at radius 2 is 1.70 bits per heavy atom. The van der Waals surface area contributed by atoms with Crippen LogP contribution in [0.2, 0.25) is 0 Å². The number of nitrogens with zero attached hydrogens (tertiary/aromatic N) is 2. The summed E-state index contributed by atoms with van der Waals surface area (Å²) in [5.41, 5.74) is 1.82. The first-order chi connectivity index (χ1) is 13.2. The molecule has 0 atom stereocenters. The summed E-state index contributed by atoms with van der Waals surface area (Å²) >= 11 is 1.30. The van der Waals surface area contributed by atoms with Crippen LogP contribution in [0.1, 0.15) is 36.5 Å². The van der Waals surface area contributed by atoms with E-state index in [1.807, 2.05) is 37.3 Å². The third-order valence-electron chi connectivity index (χ3n) is 3.87. The molecule has 0 aliphatic rings. The quantitative estimate of drug-likeness (QED) is 0.628. The summed E-state index contributed by atoms with van der Waals surface area (Å²) < 4.78 is 0. The Hall–Kier alpha value is -3.06. The first kappa shape index (κ1) is 18.7. The third-order valence-corrected chi connectivity index (χ3v) is 4.76. The van der Waals surface area contributed by atoms with Gasteiger partial charge in [0.1, 0.15) is 5.01 Å². The number of unbranched alkanes of at least 4 members (excludes halogenated alkanes) is 1. The summed E-state index contributed by atoms with van der Waals surface area (Å²) in [4.78, 5) is 24.7. The first-order valence-electron chi connectivity index (χ1n) is 8.76. The predicted molar refractivity (Wildman–Crippen MR) is 108 cm³/mol. The lowest BCUT2D eigenvalue weighted by Gasteiger charge is -2.10. The largest absolute Gasteiger partial charge is 0.325 e. The van der Waals surface area contributed by atoms with Gasteiger partial charge in [-0.15, -0.1) is 10.2 Å². The van der Waals surface area contributed by atoms with Crippen molar-refractivity contribution in [3.63, 3.8) is 0 Å². The number of rotatable bonds is 7. The van der Waals surface area contributed by atoms with E-state index in [2.05, 4.69) is 20.8 Å². The van der Waals surface area contributed by atoms with Crippen LogP contribution in [-0.4, -0.2) is 22.0 Å². The highest BCUT2D eigenvalue weighted by molar-refractivity contribution is 7.18. The Morgan fingerprint density at radius 3 is 2.48 bits per heavy atom. The third kappa shape index (κ3) is 4.98.